The quantitative estimate of drug-likeness (QED) is 0.700. The summed E-state index contributed by atoms with van der Waals surface area (Å²) in [5, 5.41) is 0. The molecule has 0 N–H and O–H groups in total. The number of carbonyl (C=O) groups excluding carboxylic acids is 1. The normalized spacial score (nSPS) is 35.4. The van der Waals surface area contributed by atoms with Crippen molar-refractivity contribution >= 4 is 6.29 Å². The maximum absolute atomic E-state index is 11.6. The highest BCUT2D eigenvalue weighted by atomic mass is 16.1. The number of rotatable bonds is 4. The second kappa shape index (κ2) is 5.51. The van der Waals surface area contributed by atoms with Gasteiger partial charge >= 0.3 is 0 Å². The smallest absolute Gasteiger partial charge is 0.127 e. The van der Waals surface area contributed by atoms with Gasteiger partial charge in [0.05, 0.1) is 0 Å². The minimum Gasteiger partial charge on any atom is -0.303 e. The third-order valence-electron chi connectivity index (χ3n) is 4.89. The predicted octanol–water partition coefficient (Wildman–Crippen LogP) is 3.26. The van der Waals surface area contributed by atoms with Crippen molar-refractivity contribution in [3.8, 4) is 0 Å². The summed E-state index contributed by atoms with van der Waals surface area (Å²) in [7, 11) is 2.22. The summed E-state index contributed by atoms with van der Waals surface area (Å²) in [5.74, 6) is 0.728. The van der Waals surface area contributed by atoms with Gasteiger partial charge in [0.2, 0.25) is 0 Å². The number of hydrogen-bond donors (Lipinski definition) is 0. The Labute approximate surface area is 106 Å². The van der Waals surface area contributed by atoms with Crippen LogP contribution >= 0.6 is 0 Å². The van der Waals surface area contributed by atoms with Gasteiger partial charge in [-0.1, -0.05) is 32.6 Å². The molecule has 2 unspecified atom stereocenters. The van der Waals surface area contributed by atoms with Crippen molar-refractivity contribution in [3.63, 3.8) is 0 Å². The Bertz CT molecular complexity index is 260. The van der Waals surface area contributed by atoms with E-state index < -0.39 is 0 Å². The number of carbonyl (C=O) groups is 1. The zero-order valence-electron chi connectivity index (χ0n) is 11.5. The number of aldehydes is 1. The van der Waals surface area contributed by atoms with Gasteiger partial charge in [-0.3, -0.25) is 0 Å². The molecule has 0 aromatic rings. The third kappa shape index (κ3) is 3.09. The fourth-order valence-electron chi connectivity index (χ4n) is 3.96. The van der Waals surface area contributed by atoms with E-state index in [1.54, 1.807) is 0 Å². The van der Waals surface area contributed by atoms with E-state index in [1.165, 1.54) is 44.8 Å². The topological polar surface area (TPSA) is 20.3 Å². The molecule has 0 heterocycles. The molecule has 0 aromatic heterocycles. The Kier molecular flexibility index (Phi) is 4.24. The van der Waals surface area contributed by atoms with Gasteiger partial charge in [-0.05, 0) is 38.6 Å². The van der Waals surface area contributed by atoms with E-state index in [-0.39, 0.29) is 5.41 Å². The largest absolute Gasteiger partial charge is 0.303 e. The molecule has 0 aromatic carbocycles. The molecule has 0 radical (unpaired) electrons. The molecule has 98 valence electrons. The Morgan fingerprint density at radius 1 is 1.24 bits per heavy atom. The molecule has 2 atom stereocenters. The molecule has 2 aliphatic carbocycles. The first-order chi connectivity index (χ1) is 8.15. The first kappa shape index (κ1) is 13.1. The fourth-order valence-corrected chi connectivity index (χ4v) is 3.96. The summed E-state index contributed by atoms with van der Waals surface area (Å²) in [6.07, 6.45) is 11.4. The molecular formula is C15H27NO. The molecule has 0 saturated heterocycles. The zero-order chi connectivity index (χ0) is 12.3. The maximum Gasteiger partial charge on any atom is 0.127 e. The van der Waals surface area contributed by atoms with E-state index >= 15 is 0 Å². The standard InChI is InChI=1S/C15H27NO/c1-13-6-5-9-15(10-13,12-17)11-16(2)14-7-3-4-8-14/h12-14H,3-11H2,1-2H3. The van der Waals surface area contributed by atoms with Crippen LogP contribution in [0.15, 0.2) is 0 Å². The lowest BCUT2D eigenvalue weighted by Crippen LogP contribution is -2.43. The summed E-state index contributed by atoms with van der Waals surface area (Å²) >= 11 is 0. The third-order valence-corrected chi connectivity index (χ3v) is 4.89. The second-order valence-corrected chi connectivity index (χ2v) is 6.54. The lowest BCUT2D eigenvalue weighted by Gasteiger charge is -2.40. The van der Waals surface area contributed by atoms with Crippen LogP contribution in [0.25, 0.3) is 0 Å². The van der Waals surface area contributed by atoms with Crippen LogP contribution in [0.2, 0.25) is 0 Å². The monoisotopic (exact) mass is 237 g/mol. The van der Waals surface area contributed by atoms with Crippen LogP contribution in [0.4, 0.5) is 0 Å². The molecule has 17 heavy (non-hydrogen) atoms. The van der Waals surface area contributed by atoms with Gasteiger partial charge in [0.15, 0.2) is 0 Å². The highest BCUT2D eigenvalue weighted by Crippen LogP contribution is 2.39. The van der Waals surface area contributed by atoms with E-state index in [0.29, 0.717) is 0 Å². The Balaban J connectivity index is 1.95. The average Bonchev–Trinajstić information content (AvgIpc) is 2.82. The zero-order valence-corrected chi connectivity index (χ0v) is 11.5. The molecule has 2 rings (SSSR count). The van der Waals surface area contributed by atoms with Gasteiger partial charge in [-0.15, -0.1) is 0 Å². The highest BCUT2D eigenvalue weighted by Gasteiger charge is 2.37. The van der Waals surface area contributed by atoms with Crippen molar-refractivity contribution in [1.29, 1.82) is 0 Å². The number of nitrogens with zero attached hydrogens (tertiary/aromatic N) is 1. The summed E-state index contributed by atoms with van der Waals surface area (Å²) < 4.78 is 0. The molecule has 2 heteroatoms. The van der Waals surface area contributed by atoms with E-state index in [2.05, 4.69) is 18.9 Å². The average molecular weight is 237 g/mol. The van der Waals surface area contributed by atoms with Gasteiger partial charge in [-0.25, -0.2) is 0 Å². The van der Waals surface area contributed by atoms with Crippen LogP contribution in [0, 0.1) is 11.3 Å². The van der Waals surface area contributed by atoms with Crippen LogP contribution in [-0.4, -0.2) is 30.8 Å². The van der Waals surface area contributed by atoms with Crippen molar-refractivity contribution < 1.29 is 4.79 Å². The second-order valence-electron chi connectivity index (χ2n) is 6.54. The fraction of sp³-hybridized carbons (Fsp3) is 0.933. The Morgan fingerprint density at radius 3 is 2.53 bits per heavy atom. The van der Waals surface area contributed by atoms with Crippen LogP contribution in [0.3, 0.4) is 0 Å². The van der Waals surface area contributed by atoms with Crippen molar-refractivity contribution in [2.75, 3.05) is 13.6 Å². The van der Waals surface area contributed by atoms with Crippen molar-refractivity contribution in [3.05, 3.63) is 0 Å². The molecular weight excluding hydrogens is 210 g/mol. The molecule has 0 spiro atoms. The minimum absolute atomic E-state index is 0.0327. The minimum atomic E-state index is -0.0327. The lowest BCUT2D eigenvalue weighted by molar-refractivity contribution is -0.120. The molecule has 2 nitrogen and oxygen atoms in total. The van der Waals surface area contributed by atoms with E-state index in [4.69, 9.17) is 0 Å². The molecule has 2 aliphatic rings. The van der Waals surface area contributed by atoms with E-state index in [1.807, 2.05) is 0 Å². The maximum atomic E-state index is 11.6. The van der Waals surface area contributed by atoms with Gasteiger partial charge in [0.1, 0.15) is 6.29 Å². The SMILES string of the molecule is CC1CCCC(C=O)(CN(C)C2CCCC2)C1. The van der Waals surface area contributed by atoms with Crippen LogP contribution < -0.4 is 0 Å². The molecule has 2 saturated carbocycles. The molecule has 2 fully saturated rings. The summed E-state index contributed by atoms with van der Waals surface area (Å²) in [5.41, 5.74) is -0.0327. The van der Waals surface area contributed by atoms with Crippen LogP contribution in [-0.2, 0) is 4.79 Å². The van der Waals surface area contributed by atoms with Gasteiger partial charge in [-0.2, -0.15) is 0 Å². The number of hydrogen-bond acceptors (Lipinski definition) is 2. The van der Waals surface area contributed by atoms with Gasteiger partial charge in [0, 0.05) is 18.0 Å². The Hall–Kier alpha value is -0.370. The predicted molar refractivity (Wildman–Crippen MR) is 71.0 cm³/mol. The van der Waals surface area contributed by atoms with Crippen LogP contribution in [0.5, 0.6) is 0 Å². The van der Waals surface area contributed by atoms with Gasteiger partial charge in [0.25, 0.3) is 0 Å². The molecule has 0 aliphatic heterocycles. The summed E-state index contributed by atoms with van der Waals surface area (Å²) in [6.45, 7) is 3.29. The molecule has 0 amide bonds. The van der Waals surface area contributed by atoms with Crippen molar-refractivity contribution in [2.24, 2.45) is 11.3 Å². The van der Waals surface area contributed by atoms with Crippen molar-refractivity contribution in [1.82, 2.24) is 4.90 Å². The van der Waals surface area contributed by atoms with E-state index in [0.717, 1.165) is 31.3 Å². The summed E-state index contributed by atoms with van der Waals surface area (Å²) in [6, 6.07) is 0.740. The first-order valence-electron chi connectivity index (χ1n) is 7.32. The lowest BCUT2D eigenvalue weighted by atomic mass is 9.70. The van der Waals surface area contributed by atoms with Crippen LogP contribution in [0.1, 0.15) is 58.3 Å². The Morgan fingerprint density at radius 2 is 1.94 bits per heavy atom. The first-order valence-corrected chi connectivity index (χ1v) is 7.32. The summed E-state index contributed by atoms with van der Waals surface area (Å²) in [4.78, 5) is 14.0. The molecule has 0 bridgehead atoms. The highest BCUT2D eigenvalue weighted by molar-refractivity contribution is 5.60. The van der Waals surface area contributed by atoms with Crippen molar-refractivity contribution in [2.45, 2.75) is 64.3 Å². The van der Waals surface area contributed by atoms with Gasteiger partial charge < -0.3 is 9.69 Å². The van der Waals surface area contributed by atoms with E-state index in [9.17, 15) is 4.79 Å².